The number of piperidine rings is 1. The van der Waals surface area contributed by atoms with Gasteiger partial charge in [-0.2, -0.15) is 0 Å². The van der Waals surface area contributed by atoms with E-state index < -0.39 is 0 Å². The molecule has 2 heteroatoms. The smallest absolute Gasteiger partial charge is 0.0290 e. The third kappa shape index (κ3) is 2.24. The molecular formula is C15H22N2. The first-order valence-corrected chi connectivity index (χ1v) is 6.86. The van der Waals surface area contributed by atoms with E-state index in [-0.39, 0.29) is 0 Å². The quantitative estimate of drug-likeness (QED) is 0.838. The monoisotopic (exact) mass is 230 g/mol. The van der Waals surface area contributed by atoms with Gasteiger partial charge in [0.1, 0.15) is 0 Å². The summed E-state index contributed by atoms with van der Waals surface area (Å²) in [6, 6.07) is 12.3. The van der Waals surface area contributed by atoms with Gasteiger partial charge in [0.2, 0.25) is 0 Å². The fourth-order valence-corrected chi connectivity index (χ4v) is 3.58. The van der Waals surface area contributed by atoms with E-state index in [0.717, 1.165) is 18.5 Å². The van der Waals surface area contributed by atoms with Gasteiger partial charge in [-0.3, -0.25) is 4.90 Å². The van der Waals surface area contributed by atoms with E-state index in [2.05, 4.69) is 47.5 Å². The maximum Gasteiger partial charge on any atom is 0.0290 e. The molecule has 0 spiro atoms. The average Bonchev–Trinajstić information content (AvgIpc) is 2.74. The zero-order chi connectivity index (χ0) is 11.7. The Bertz CT molecular complexity index is 360. The minimum Gasteiger partial charge on any atom is -0.312 e. The maximum absolute atomic E-state index is 3.64. The number of nitrogens with zero attached hydrogens (tertiary/aromatic N) is 1. The first-order valence-electron chi connectivity index (χ1n) is 6.86. The zero-order valence-electron chi connectivity index (χ0n) is 10.6. The van der Waals surface area contributed by atoms with Crippen LogP contribution >= 0.6 is 0 Å². The summed E-state index contributed by atoms with van der Waals surface area (Å²) in [5.74, 6) is 0.877. The number of rotatable bonds is 2. The van der Waals surface area contributed by atoms with E-state index >= 15 is 0 Å². The lowest BCUT2D eigenvalue weighted by Gasteiger charge is -2.39. The molecule has 1 aromatic rings. The molecule has 1 N–H and O–H groups in total. The van der Waals surface area contributed by atoms with Crippen LogP contribution in [0.1, 0.15) is 25.3 Å². The van der Waals surface area contributed by atoms with E-state index in [1.807, 2.05) is 0 Å². The molecule has 2 fully saturated rings. The van der Waals surface area contributed by atoms with Crippen molar-refractivity contribution in [1.82, 2.24) is 10.2 Å². The molecule has 2 heterocycles. The number of benzene rings is 1. The molecule has 0 bridgehead atoms. The van der Waals surface area contributed by atoms with Gasteiger partial charge >= 0.3 is 0 Å². The molecule has 2 unspecified atom stereocenters. The van der Waals surface area contributed by atoms with Crippen LogP contribution in [0.4, 0.5) is 0 Å². The number of nitrogens with one attached hydrogen (secondary N) is 1. The van der Waals surface area contributed by atoms with Crippen LogP contribution in [0.15, 0.2) is 30.3 Å². The highest BCUT2D eigenvalue weighted by atomic mass is 15.2. The molecule has 17 heavy (non-hydrogen) atoms. The van der Waals surface area contributed by atoms with Crippen molar-refractivity contribution in [2.45, 2.75) is 38.4 Å². The van der Waals surface area contributed by atoms with Crippen molar-refractivity contribution >= 4 is 0 Å². The van der Waals surface area contributed by atoms with Gasteiger partial charge in [0.15, 0.2) is 0 Å². The summed E-state index contributed by atoms with van der Waals surface area (Å²) >= 11 is 0. The Morgan fingerprint density at radius 3 is 2.94 bits per heavy atom. The summed E-state index contributed by atoms with van der Waals surface area (Å²) in [6.07, 6.45) is 2.77. The number of likely N-dealkylation sites (tertiary alicyclic amines) is 1. The maximum atomic E-state index is 3.64. The average molecular weight is 230 g/mol. The Kier molecular flexibility index (Phi) is 3.17. The third-order valence-corrected chi connectivity index (χ3v) is 4.37. The molecule has 92 valence electrons. The molecule has 0 aromatic heterocycles. The van der Waals surface area contributed by atoms with Crippen molar-refractivity contribution in [1.29, 1.82) is 0 Å². The summed E-state index contributed by atoms with van der Waals surface area (Å²) in [5, 5.41) is 3.64. The van der Waals surface area contributed by atoms with Gasteiger partial charge in [-0.05, 0) is 44.3 Å². The molecule has 0 aliphatic carbocycles. The van der Waals surface area contributed by atoms with Crippen LogP contribution in [0.5, 0.6) is 0 Å². The summed E-state index contributed by atoms with van der Waals surface area (Å²) in [4.78, 5) is 2.69. The molecule has 2 aliphatic rings. The molecular weight excluding hydrogens is 208 g/mol. The molecule has 0 radical (unpaired) electrons. The largest absolute Gasteiger partial charge is 0.312 e. The van der Waals surface area contributed by atoms with Gasteiger partial charge in [-0.15, -0.1) is 0 Å². The zero-order valence-corrected chi connectivity index (χ0v) is 10.6. The van der Waals surface area contributed by atoms with Crippen LogP contribution in [0, 0.1) is 5.92 Å². The van der Waals surface area contributed by atoms with Crippen LogP contribution in [-0.4, -0.2) is 30.1 Å². The van der Waals surface area contributed by atoms with E-state index in [4.69, 9.17) is 0 Å². The van der Waals surface area contributed by atoms with Gasteiger partial charge in [0.05, 0.1) is 0 Å². The second-order valence-corrected chi connectivity index (χ2v) is 5.55. The van der Waals surface area contributed by atoms with Crippen molar-refractivity contribution in [2.24, 2.45) is 5.92 Å². The Labute approximate surface area is 104 Å². The summed E-state index contributed by atoms with van der Waals surface area (Å²) in [5.41, 5.74) is 1.45. The highest BCUT2D eigenvalue weighted by Gasteiger charge is 2.39. The SMILES string of the molecule is C[C@@H]1NCC2CCCN(Cc3ccccc3)C21. The Morgan fingerprint density at radius 1 is 1.29 bits per heavy atom. The fraction of sp³-hybridized carbons (Fsp3) is 0.600. The van der Waals surface area contributed by atoms with Gasteiger partial charge in [0.25, 0.3) is 0 Å². The van der Waals surface area contributed by atoms with Crippen LogP contribution in [-0.2, 0) is 6.54 Å². The van der Waals surface area contributed by atoms with E-state index in [1.165, 1.54) is 31.5 Å². The van der Waals surface area contributed by atoms with Gasteiger partial charge < -0.3 is 5.32 Å². The van der Waals surface area contributed by atoms with Crippen molar-refractivity contribution in [3.8, 4) is 0 Å². The lowest BCUT2D eigenvalue weighted by atomic mass is 9.89. The lowest BCUT2D eigenvalue weighted by molar-refractivity contribution is 0.101. The molecule has 1 aromatic carbocycles. The van der Waals surface area contributed by atoms with Gasteiger partial charge in [-0.1, -0.05) is 30.3 Å². The summed E-state index contributed by atoms with van der Waals surface area (Å²) < 4.78 is 0. The van der Waals surface area contributed by atoms with Crippen LogP contribution in [0.3, 0.4) is 0 Å². The topological polar surface area (TPSA) is 15.3 Å². The molecule has 2 aliphatic heterocycles. The molecule has 3 atom stereocenters. The number of hydrogen-bond acceptors (Lipinski definition) is 2. The van der Waals surface area contributed by atoms with E-state index in [1.54, 1.807) is 0 Å². The van der Waals surface area contributed by atoms with Crippen LogP contribution in [0.25, 0.3) is 0 Å². The van der Waals surface area contributed by atoms with Gasteiger partial charge in [-0.25, -0.2) is 0 Å². The summed E-state index contributed by atoms with van der Waals surface area (Å²) in [6.45, 7) is 5.95. The Morgan fingerprint density at radius 2 is 2.12 bits per heavy atom. The predicted molar refractivity (Wildman–Crippen MR) is 70.8 cm³/mol. The van der Waals surface area contributed by atoms with Crippen LogP contribution < -0.4 is 5.32 Å². The minimum atomic E-state index is 0.656. The molecule has 2 saturated heterocycles. The minimum absolute atomic E-state index is 0.656. The third-order valence-electron chi connectivity index (χ3n) is 4.37. The van der Waals surface area contributed by atoms with Crippen molar-refractivity contribution in [3.05, 3.63) is 35.9 Å². The number of hydrogen-bond donors (Lipinski definition) is 1. The van der Waals surface area contributed by atoms with Gasteiger partial charge in [0, 0.05) is 18.6 Å². The first-order chi connectivity index (χ1) is 8.34. The number of fused-ring (bicyclic) bond motifs is 1. The normalized spacial score (nSPS) is 33.6. The molecule has 3 rings (SSSR count). The van der Waals surface area contributed by atoms with Crippen molar-refractivity contribution < 1.29 is 0 Å². The molecule has 0 amide bonds. The Hall–Kier alpha value is -0.860. The summed E-state index contributed by atoms with van der Waals surface area (Å²) in [7, 11) is 0. The van der Waals surface area contributed by atoms with E-state index in [0.29, 0.717) is 6.04 Å². The first kappa shape index (κ1) is 11.2. The van der Waals surface area contributed by atoms with Crippen molar-refractivity contribution in [3.63, 3.8) is 0 Å². The lowest BCUT2D eigenvalue weighted by Crippen LogP contribution is -2.47. The highest BCUT2D eigenvalue weighted by molar-refractivity contribution is 5.15. The highest BCUT2D eigenvalue weighted by Crippen LogP contribution is 2.30. The fourth-order valence-electron chi connectivity index (χ4n) is 3.58. The second-order valence-electron chi connectivity index (χ2n) is 5.55. The molecule has 2 nitrogen and oxygen atoms in total. The standard InChI is InChI=1S/C15H22N2/c1-12-15-14(10-16-12)8-5-9-17(15)11-13-6-3-2-4-7-13/h2-4,6-7,12,14-16H,5,8-11H2,1H3/t12-,14?,15?/m0/s1. The predicted octanol–water partition coefficient (Wildman–Crippen LogP) is 2.26. The second kappa shape index (κ2) is 4.79. The van der Waals surface area contributed by atoms with Crippen LogP contribution in [0.2, 0.25) is 0 Å². The van der Waals surface area contributed by atoms with E-state index in [9.17, 15) is 0 Å². The Balaban J connectivity index is 1.73. The molecule has 0 saturated carbocycles. The van der Waals surface area contributed by atoms with Crippen molar-refractivity contribution in [2.75, 3.05) is 13.1 Å².